The van der Waals surface area contributed by atoms with E-state index in [2.05, 4.69) is 23.6 Å². The van der Waals surface area contributed by atoms with Gasteiger partial charge in [0, 0.05) is 25.2 Å². The molecule has 2 aliphatic heterocycles. The number of amides is 1. The Bertz CT molecular complexity index is 774. The van der Waals surface area contributed by atoms with Crippen LogP contribution in [0.2, 0.25) is 0 Å². The predicted octanol–water partition coefficient (Wildman–Crippen LogP) is 2.90. The summed E-state index contributed by atoms with van der Waals surface area (Å²) in [6.07, 6.45) is 1.75. The molecule has 1 unspecified atom stereocenters. The minimum Gasteiger partial charge on any atom is -0.343 e. The number of hydrogen-bond donors (Lipinski definition) is 0. The van der Waals surface area contributed by atoms with Gasteiger partial charge in [0.2, 0.25) is 0 Å². The summed E-state index contributed by atoms with van der Waals surface area (Å²) in [7, 11) is 0. The fourth-order valence-electron chi connectivity index (χ4n) is 3.65. The number of fused-ring (bicyclic) bond motifs is 2. The van der Waals surface area contributed by atoms with Gasteiger partial charge in [-0.25, -0.2) is 0 Å². The summed E-state index contributed by atoms with van der Waals surface area (Å²) in [5.74, 6) is 0.0131. The van der Waals surface area contributed by atoms with E-state index in [9.17, 15) is 4.79 Å². The highest BCUT2D eigenvalue weighted by Gasteiger charge is 2.55. The zero-order valence-electron chi connectivity index (χ0n) is 13.5. The average Bonchev–Trinajstić information content (AvgIpc) is 3.13. The summed E-state index contributed by atoms with van der Waals surface area (Å²) in [6.45, 7) is 6.08. The number of carbonyl (C=O) groups excluding carboxylic acids is 1. The number of nitrogens with zero attached hydrogens (tertiary/aromatic N) is 2. The molecule has 0 radical (unpaired) electrons. The van der Waals surface area contributed by atoms with E-state index in [0.29, 0.717) is 19.8 Å². The number of hydrogen-bond acceptors (Lipinski definition) is 3. The van der Waals surface area contributed by atoms with Crippen LogP contribution < -0.4 is 4.90 Å². The molecule has 4 heteroatoms. The topological polar surface area (TPSA) is 32.8 Å². The highest BCUT2D eigenvalue weighted by molar-refractivity contribution is 6.07. The highest BCUT2D eigenvalue weighted by Crippen LogP contribution is 2.45. The molecule has 2 aliphatic rings. The molecule has 1 amide bonds. The Morgan fingerprint density at radius 1 is 1.12 bits per heavy atom. The maximum Gasteiger partial charge on any atom is 0.265 e. The van der Waals surface area contributed by atoms with Crippen molar-refractivity contribution in [3.05, 3.63) is 78.4 Å². The van der Waals surface area contributed by atoms with E-state index < -0.39 is 5.60 Å². The van der Waals surface area contributed by atoms with Gasteiger partial charge in [0.05, 0.1) is 5.69 Å². The molecule has 122 valence electrons. The standard InChI is InChI=1S/C20H20N2O2/c1-2-12-22-18-11-7-6-10-17(18)20(19(22)23)14-21(15-24-20)13-16-8-4-3-5-9-16/h2-11H,1,12-15H2. The molecule has 1 saturated heterocycles. The second-order valence-corrected chi connectivity index (χ2v) is 6.29. The van der Waals surface area contributed by atoms with Crippen molar-refractivity contribution in [1.29, 1.82) is 0 Å². The van der Waals surface area contributed by atoms with E-state index in [1.165, 1.54) is 5.56 Å². The van der Waals surface area contributed by atoms with Gasteiger partial charge in [-0.1, -0.05) is 54.6 Å². The van der Waals surface area contributed by atoms with Crippen LogP contribution in [0.4, 0.5) is 5.69 Å². The molecule has 1 spiro atoms. The van der Waals surface area contributed by atoms with Crippen molar-refractivity contribution in [3.8, 4) is 0 Å². The van der Waals surface area contributed by atoms with Crippen molar-refractivity contribution >= 4 is 11.6 Å². The first kappa shape index (κ1) is 15.1. The van der Waals surface area contributed by atoms with Crippen molar-refractivity contribution in [3.63, 3.8) is 0 Å². The molecule has 0 aliphatic carbocycles. The molecule has 24 heavy (non-hydrogen) atoms. The van der Waals surface area contributed by atoms with Crippen LogP contribution in [0.25, 0.3) is 0 Å². The number of carbonyl (C=O) groups is 1. The van der Waals surface area contributed by atoms with Gasteiger partial charge < -0.3 is 9.64 Å². The first-order valence-electron chi connectivity index (χ1n) is 8.17. The number of anilines is 1. The van der Waals surface area contributed by atoms with Gasteiger partial charge in [-0.3, -0.25) is 9.69 Å². The van der Waals surface area contributed by atoms with Crippen molar-refractivity contribution in [2.45, 2.75) is 12.1 Å². The zero-order valence-corrected chi connectivity index (χ0v) is 13.5. The molecular weight excluding hydrogens is 300 g/mol. The molecule has 0 saturated carbocycles. The Balaban J connectivity index is 1.63. The molecular formula is C20H20N2O2. The van der Waals surface area contributed by atoms with Crippen molar-refractivity contribution in [1.82, 2.24) is 4.90 Å². The molecule has 0 N–H and O–H groups in total. The molecule has 0 aromatic heterocycles. The van der Waals surface area contributed by atoms with Crippen LogP contribution in [-0.2, 0) is 21.7 Å². The third-order valence-electron chi connectivity index (χ3n) is 4.72. The maximum atomic E-state index is 13.1. The fourth-order valence-corrected chi connectivity index (χ4v) is 3.65. The lowest BCUT2D eigenvalue weighted by molar-refractivity contribution is -0.136. The number of rotatable bonds is 4. The average molecular weight is 320 g/mol. The molecule has 2 heterocycles. The minimum atomic E-state index is -0.881. The Hall–Kier alpha value is -2.43. The molecule has 4 nitrogen and oxygen atoms in total. The lowest BCUT2D eigenvalue weighted by atomic mass is 9.95. The van der Waals surface area contributed by atoms with Gasteiger partial charge in [0.1, 0.15) is 6.73 Å². The third kappa shape index (κ3) is 2.27. The van der Waals surface area contributed by atoms with Crippen molar-refractivity contribution < 1.29 is 9.53 Å². The second kappa shape index (κ2) is 5.89. The third-order valence-corrected chi connectivity index (χ3v) is 4.72. The number of ether oxygens (including phenoxy) is 1. The lowest BCUT2D eigenvalue weighted by Crippen LogP contribution is -2.43. The van der Waals surface area contributed by atoms with Gasteiger partial charge in [-0.2, -0.15) is 0 Å². The normalized spacial score (nSPS) is 23.0. The Kier molecular flexibility index (Phi) is 3.71. The number of benzene rings is 2. The van der Waals surface area contributed by atoms with Gasteiger partial charge in [-0.15, -0.1) is 6.58 Å². The number of para-hydroxylation sites is 1. The smallest absolute Gasteiger partial charge is 0.265 e. The van der Waals surface area contributed by atoms with E-state index in [1.54, 1.807) is 11.0 Å². The van der Waals surface area contributed by atoms with E-state index in [1.807, 2.05) is 42.5 Å². The molecule has 2 aromatic rings. The monoisotopic (exact) mass is 320 g/mol. The van der Waals surface area contributed by atoms with Crippen molar-refractivity contribution in [2.24, 2.45) is 0 Å². The van der Waals surface area contributed by atoms with Crippen LogP contribution in [-0.4, -0.2) is 30.6 Å². The Morgan fingerprint density at radius 3 is 2.67 bits per heavy atom. The van der Waals surface area contributed by atoms with E-state index in [0.717, 1.165) is 17.8 Å². The molecule has 1 atom stereocenters. The van der Waals surface area contributed by atoms with Gasteiger partial charge in [0.25, 0.3) is 5.91 Å². The molecule has 0 bridgehead atoms. The second-order valence-electron chi connectivity index (χ2n) is 6.29. The van der Waals surface area contributed by atoms with Crippen LogP contribution >= 0.6 is 0 Å². The van der Waals surface area contributed by atoms with Crippen LogP contribution in [0, 0.1) is 0 Å². The Morgan fingerprint density at radius 2 is 1.88 bits per heavy atom. The summed E-state index contributed by atoms with van der Waals surface area (Å²) in [4.78, 5) is 17.1. The minimum absolute atomic E-state index is 0.0131. The van der Waals surface area contributed by atoms with Crippen LogP contribution in [0.3, 0.4) is 0 Å². The van der Waals surface area contributed by atoms with Gasteiger partial charge in [-0.05, 0) is 11.6 Å². The quantitative estimate of drug-likeness (QED) is 0.812. The highest BCUT2D eigenvalue weighted by atomic mass is 16.5. The molecule has 2 aromatic carbocycles. The molecule has 1 fully saturated rings. The fraction of sp³-hybridized carbons (Fsp3) is 0.250. The van der Waals surface area contributed by atoms with E-state index >= 15 is 0 Å². The first-order valence-corrected chi connectivity index (χ1v) is 8.17. The van der Waals surface area contributed by atoms with Crippen LogP contribution in [0.1, 0.15) is 11.1 Å². The van der Waals surface area contributed by atoms with E-state index in [4.69, 9.17) is 4.74 Å². The van der Waals surface area contributed by atoms with Crippen LogP contribution in [0.5, 0.6) is 0 Å². The summed E-state index contributed by atoms with van der Waals surface area (Å²) in [5, 5.41) is 0. The maximum absolute atomic E-state index is 13.1. The van der Waals surface area contributed by atoms with Gasteiger partial charge >= 0.3 is 0 Å². The van der Waals surface area contributed by atoms with E-state index in [-0.39, 0.29) is 5.91 Å². The SMILES string of the molecule is C=CCN1C(=O)C2(CN(Cc3ccccc3)CO2)c2ccccc21. The lowest BCUT2D eigenvalue weighted by Gasteiger charge is -2.22. The van der Waals surface area contributed by atoms with Crippen molar-refractivity contribution in [2.75, 3.05) is 24.7 Å². The summed E-state index contributed by atoms with van der Waals surface area (Å²) < 4.78 is 6.10. The summed E-state index contributed by atoms with van der Waals surface area (Å²) in [6, 6.07) is 18.2. The van der Waals surface area contributed by atoms with Gasteiger partial charge in [0.15, 0.2) is 5.60 Å². The largest absolute Gasteiger partial charge is 0.343 e. The van der Waals surface area contributed by atoms with Crippen LogP contribution in [0.15, 0.2) is 67.3 Å². The summed E-state index contributed by atoms with van der Waals surface area (Å²) in [5.41, 5.74) is 2.24. The summed E-state index contributed by atoms with van der Waals surface area (Å²) >= 11 is 0. The predicted molar refractivity (Wildman–Crippen MR) is 93.5 cm³/mol. The molecule has 4 rings (SSSR count). The first-order chi connectivity index (χ1) is 11.7. The zero-order chi connectivity index (χ0) is 16.6. The Labute approximate surface area is 142 Å².